The first kappa shape index (κ1) is 17.1. The fourth-order valence-electron chi connectivity index (χ4n) is 3.10. The molecule has 2 heterocycles. The second kappa shape index (κ2) is 7.14. The van der Waals surface area contributed by atoms with Gasteiger partial charge < -0.3 is 14.7 Å². The average molecular weight is 370 g/mol. The summed E-state index contributed by atoms with van der Waals surface area (Å²) in [7, 11) is 0. The number of hydrogen-bond donors (Lipinski definition) is 1. The molecule has 3 aromatic rings. The lowest BCUT2D eigenvalue weighted by Crippen LogP contribution is -2.34. The summed E-state index contributed by atoms with van der Waals surface area (Å²) in [6.45, 7) is 0.499. The molecule has 1 aliphatic rings. The second-order valence-electron chi connectivity index (χ2n) is 6.22. The summed E-state index contributed by atoms with van der Waals surface area (Å²) in [6, 6.07) is 10.9. The van der Waals surface area contributed by atoms with Crippen molar-refractivity contribution in [1.82, 2.24) is 15.0 Å². The fourth-order valence-corrected chi connectivity index (χ4v) is 3.10. The average Bonchev–Trinajstić information content (AvgIpc) is 3.33. The van der Waals surface area contributed by atoms with Crippen LogP contribution in [0.5, 0.6) is 0 Å². The fraction of sp³-hybridized carbons (Fsp3) is 0.211. The molecule has 1 atom stereocenters. The molecule has 8 heteroatoms. The molecule has 0 radical (unpaired) electrons. The van der Waals surface area contributed by atoms with Gasteiger partial charge in [-0.1, -0.05) is 17.3 Å². The SMILES string of the molecule is O=C(Nc1ccccc1F)N1CCCC1c1nc(-c2ccc(F)cc2)no1. The molecule has 2 amide bonds. The highest BCUT2D eigenvalue weighted by Gasteiger charge is 2.34. The highest BCUT2D eigenvalue weighted by Crippen LogP contribution is 2.32. The topological polar surface area (TPSA) is 71.3 Å². The summed E-state index contributed by atoms with van der Waals surface area (Å²) in [6.07, 6.45) is 1.43. The number of nitrogens with one attached hydrogen (secondary N) is 1. The van der Waals surface area contributed by atoms with E-state index in [2.05, 4.69) is 15.5 Å². The molecule has 1 fully saturated rings. The Balaban J connectivity index is 1.52. The number of likely N-dealkylation sites (tertiary alicyclic amines) is 1. The number of aromatic nitrogens is 2. The number of benzene rings is 2. The number of carbonyl (C=O) groups is 1. The van der Waals surface area contributed by atoms with Gasteiger partial charge in [0.2, 0.25) is 11.7 Å². The number of carbonyl (C=O) groups excluding carboxylic acids is 1. The van der Waals surface area contributed by atoms with Crippen LogP contribution in [0.1, 0.15) is 24.8 Å². The molecule has 4 rings (SSSR count). The lowest BCUT2D eigenvalue weighted by atomic mass is 10.2. The molecular weight excluding hydrogens is 354 g/mol. The normalized spacial score (nSPS) is 16.5. The van der Waals surface area contributed by atoms with Gasteiger partial charge in [0.25, 0.3) is 0 Å². The molecule has 0 bridgehead atoms. The first-order valence-corrected chi connectivity index (χ1v) is 8.53. The Labute approximate surface area is 153 Å². The predicted molar refractivity (Wildman–Crippen MR) is 93.8 cm³/mol. The van der Waals surface area contributed by atoms with Crippen LogP contribution in [0.3, 0.4) is 0 Å². The van der Waals surface area contributed by atoms with E-state index in [0.717, 1.165) is 6.42 Å². The van der Waals surface area contributed by atoms with Crippen molar-refractivity contribution < 1.29 is 18.1 Å². The molecule has 0 spiro atoms. The second-order valence-corrected chi connectivity index (χ2v) is 6.22. The molecule has 1 unspecified atom stereocenters. The maximum atomic E-state index is 13.8. The van der Waals surface area contributed by atoms with Gasteiger partial charge >= 0.3 is 6.03 Å². The smallest absolute Gasteiger partial charge is 0.322 e. The number of para-hydroxylation sites is 1. The molecule has 138 valence electrons. The largest absolute Gasteiger partial charge is 0.337 e. The number of rotatable bonds is 3. The third-order valence-electron chi connectivity index (χ3n) is 4.46. The van der Waals surface area contributed by atoms with Gasteiger partial charge in [-0.05, 0) is 49.2 Å². The Morgan fingerprint density at radius 3 is 2.70 bits per heavy atom. The molecule has 0 aliphatic carbocycles. The van der Waals surface area contributed by atoms with E-state index in [-0.39, 0.29) is 11.5 Å². The molecule has 6 nitrogen and oxygen atoms in total. The van der Waals surface area contributed by atoms with Crippen LogP contribution in [-0.4, -0.2) is 27.6 Å². The maximum absolute atomic E-state index is 13.8. The number of halogens is 2. The Hall–Kier alpha value is -3.29. The van der Waals surface area contributed by atoms with E-state index < -0.39 is 17.9 Å². The molecule has 1 aliphatic heterocycles. The zero-order valence-electron chi connectivity index (χ0n) is 14.2. The van der Waals surface area contributed by atoms with E-state index in [0.29, 0.717) is 30.2 Å². The van der Waals surface area contributed by atoms with Gasteiger partial charge in [0.05, 0.1) is 5.69 Å². The van der Waals surface area contributed by atoms with Crippen molar-refractivity contribution in [2.24, 2.45) is 0 Å². The van der Waals surface area contributed by atoms with Crippen molar-refractivity contribution in [1.29, 1.82) is 0 Å². The van der Waals surface area contributed by atoms with Crippen molar-refractivity contribution in [3.8, 4) is 11.4 Å². The molecule has 1 aromatic heterocycles. The third-order valence-corrected chi connectivity index (χ3v) is 4.46. The molecule has 1 saturated heterocycles. The monoisotopic (exact) mass is 370 g/mol. The van der Waals surface area contributed by atoms with Gasteiger partial charge in [0, 0.05) is 12.1 Å². The van der Waals surface area contributed by atoms with Gasteiger partial charge in [0.15, 0.2) is 0 Å². The Kier molecular flexibility index (Phi) is 4.53. The summed E-state index contributed by atoms with van der Waals surface area (Å²) in [5.74, 6) is -0.228. The summed E-state index contributed by atoms with van der Waals surface area (Å²) in [5, 5.41) is 6.50. The van der Waals surface area contributed by atoms with E-state index in [1.165, 1.54) is 24.3 Å². The van der Waals surface area contributed by atoms with E-state index in [9.17, 15) is 13.6 Å². The van der Waals surface area contributed by atoms with Crippen molar-refractivity contribution in [3.63, 3.8) is 0 Å². The number of nitrogens with zero attached hydrogens (tertiary/aromatic N) is 3. The summed E-state index contributed by atoms with van der Waals surface area (Å²) < 4.78 is 32.2. The predicted octanol–water partition coefficient (Wildman–Crippen LogP) is 4.38. The first-order valence-electron chi connectivity index (χ1n) is 8.53. The minimum absolute atomic E-state index is 0.116. The number of anilines is 1. The zero-order valence-corrected chi connectivity index (χ0v) is 14.2. The lowest BCUT2D eigenvalue weighted by molar-refractivity contribution is 0.193. The highest BCUT2D eigenvalue weighted by atomic mass is 19.1. The maximum Gasteiger partial charge on any atom is 0.322 e. The van der Waals surface area contributed by atoms with Crippen molar-refractivity contribution in [2.75, 3.05) is 11.9 Å². The minimum atomic E-state index is -0.502. The first-order chi connectivity index (χ1) is 13.1. The van der Waals surface area contributed by atoms with Crippen LogP contribution in [0.15, 0.2) is 53.1 Å². The van der Waals surface area contributed by atoms with E-state index in [4.69, 9.17) is 4.52 Å². The van der Waals surface area contributed by atoms with Crippen molar-refractivity contribution in [3.05, 3.63) is 66.1 Å². The Morgan fingerprint density at radius 1 is 1.15 bits per heavy atom. The quantitative estimate of drug-likeness (QED) is 0.743. The molecule has 2 aromatic carbocycles. The van der Waals surface area contributed by atoms with Crippen LogP contribution >= 0.6 is 0 Å². The van der Waals surface area contributed by atoms with E-state index in [1.807, 2.05) is 0 Å². The summed E-state index contributed by atoms with van der Waals surface area (Å²) in [4.78, 5) is 18.5. The van der Waals surface area contributed by atoms with Crippen LogP contribution in [-0.2, 0) is 0 Å². The van der Waals surface area contributed by atoms with Gasteiger partial charge in [-0.3, -0.25) is 0 Å². The third kappa shape index (κ3) is 3.51. The van der Waals surface area contributed by atoms with Crippen LogP contribution in [0, 0.1) is 11.6 Å². The number of amides is 2. The number of hydrogen-bond acceptors (Lipinski definition) is 4. The van der Waals surface area contributed by atoms with Gasteiger partial charge in [-0.2, -0.15) is 4.98 Å². The standard InChI is InChI=1S/C19H16F2N4O2/c20-13-9-7-12(8-10-13)17-23-18(27-24-17)16-6-3-11-25(16)19(26)22-15-5-2-1-4-14(15)21/h1-2,4-5,7-10,16H,3,6,11H2,(H,22,26). The van der Waals surface area contributed by atoms with Gasteiger partial charge in [0.1, 0.15) is 17.7 Å². The highest BCUT2D eigenvalue weighted by molar-refractivity contribution is 5.89. The summed E-state index contributed by atoms with van der Waals surface area (Å²) in [5.41, 5.74) is 0.734. The number of urea groups is 1. The van der Waals surface area contributed by atoms with Crippen molar-refractivity contribution in [2.45, 2.75) is 18.9 Å². The van der Waals surface area contributed by atoms with Crippen molar-refractivity contribution >= 4 is 11.7 Å². The van der Waals surface area contributed by atoms with E-state index >= 15 is 0 Å². The molecule has 0 saturated carbocycles. The van der Waals surface area contributed by atoms with Crippen LogP contribution < -0.4 is 5.32 Å². The van der Waals surface area contributed by atoms with Crippen LogP contribution in [0.25, 0.3) is 11.4 Å². The Morgan fingerprint density at radius 2 is 1.93 bits per heavy atom. The molecule has 1 N–H and O–H groups in total. The van der Waals surface area contributed by atoms with Gasteiger partial charge in [-0.25, -0.2) is 13.6 Å². The molecular formula is C19H16F2N4O2. The van der Waals surface area contributed by atoms with E-state index in [1.54, 1.807) is 29.2 Å². The van der Waals surface area contributed by atoms with Gasteiger partial charge in [-0.15, -0.1) is 0 Å². The van der Waals surface area contributed by atoms with Crippen LogP contribution in [0.2, 0.25) is 0 Å². The zero-order chi connectivity index (χ0) is 18.8. The Bertz CT molecular complexity index is 958. The summed E-state index contributed by atoms with van der Waals surface area (Å²) >= 11 is 0. The van der Waals surface area contributed by atoms with Crippen LogP contribution in [0.4, 0.5) is 19.3 Å². The lowest BCUT2D eigenvalue weighted by Gasteiger charge is -2.22. The minimum Gasteiger partial charge on any atom is -0.337 e. The molecule has 27 heavy (non-hydrogen) atoms.